The molecule has 0 unspecified atom stereocenters. The van der Waals surface area contributed by atoms with Crippen molar-refractivity contribution in [3.8, 4) is 0 Å². The molecule has 2 aliphatic rings. The van der Waals surface area contributed by atoms with Crippen molar-refractivity contribution in [1.82, 2.24) is 0 Å². The first-order valence-corrected chi connectivity index (χ1v) is 10.9. The van der Waals surface area contributed by atoms with E-state index in [0.717, 1.165) is 0 Å². The Bertz CT molecular complexity index is 633. The molecule has 0 aromatic rings. The number of rotatable bonds is 2. The molecule has 3 nitrogen and oxygen atoms in total. The molecule has 0 amide bonds. The Morgan fingerprint density at radius 3 is 1.00 bits per heavy atom. The summed E-state index contributed by atoms with van der Waals surface area (Å²) in [4.78, 5) is 0. The molecule has 25 heavy (non-hydrogen) atoms. The van der Waals surface area contributed by atoms with Crippen LogP contribution in [-0.2, 0) is 0 Å². The zero-order valence-electron chi connectivity index (χ0n) is 17.3. The van der Waals surface area contributed by atoms with E-state index >= 15 is 0 Å². The van der Waals surface area contributed by atoms with Crippen molar-refractivity contribution in [2.24, 2.45) is 10.8 Å². The summed E-state index contributed by atoms with van der Waals surface area (Å²) in [5, 5.41) is 21.5. The monoisotopic (exact) mass is 490 g/mol. The van der Waals surface area contributed by atoms with Crippen LogP contribution in [0.15, 0.2) is 36.1 Å². The van der Waals surface area contributed by atoms with Gasteiger partial charge < -0.3 is 15.1 Å². The summed E-state index contributed by atoms with van der Waals surface area (Å²) in [6, 6.07) is 0. The molecule has 5 heteroatoms. The molecule has 0 atom stereocenters. The molecule has 0 aromatic carbocycles. The Morgan fingerprint density at radius 1 is 0.600 bits per heavy atom. The third kappa shape index (κ3) is 4.39. The summed E-state index contributed by atoms with van der Waals surface area (Å²) >= 11 is -0.390. The van der Waals surface area contributed by atoms with Gasteiger partial charge in [-0.05, 0) is 0 Å². The minimum Gasteiger partial charge on any atom is -0.402 e. The van der Waals surface area contributed by atoms with Crippen LogP contribution in [0.4, 0.5) is 0 Å². The van der Waals surface area contributed by atoms with Gasteiger partial charge in [0.25, 0.3) is 0 Å². The summed E-state index contributed by atoms with van der Waals surface area (Å²) in [6.07, 6.45) is 0. The third-order valence-electron chi connectivity index (χ3n) is 6.01. The molecule has 3 N–H and O–H groups in total. The van der Waals surface area contributed by atoms with Gasteiger partial charge in [-0.15, -0.1) is 0 Å². The van der Waals surface area contributed by atoms with Crippen LogP contribution in [0.2, 0.25) is 0 Å². The van der Waals surface area contributed by atoms with Crippen molar-refractivity contribution in [3.63, 3.8) is 0 Å². The number of hydrogen-bond donors (Lipinski definition) is 3. The van der Waals surface area contributed by atoms with Crippen molar-refractivity contribution in [3.05, 3.63) is 36.1 Å². The van der Waals surface area contributed by atoms with E-state index in [1.54, 1.807) is 25.0 Å². The number of hydrogen-bond acceptors (Lipinski definition) is 3. The quantitative estimate of drug-likeness (QED) is 0.507. The molecule has 0 aliphatic heterocycles. The van der Waals surface area contributed by atoms with Gasteiger partial charge in [0.1, 0.15) is 0 Å². The van der Waals surface area contributed by atoms with Crippen molar-refractivity contribution in [2.45, 2.75) is 69.2 Å². The summed E-state index contributed by atoms with van der Waals surface area (Å²) in [6.45, 7) is 23.7. The maximum Gasteiger partial charge on any atom is 0.631 e. The average Bonchev–Trinajstić information content (AvgIpc) is 2.71. The molecular weight excluding hydrogens is 456 g/mol. The minimum atomic E-state index is -2.17. The van der Waals surface area contributed by atoms with Gasteiger partial charge in [0.05, 0.1) is 0 Å². The molecule has 142 valence electrons. The molecule has 0 heterocycles. The summed E-state index contributed by atoms with van der Waals surface area (Å²) in [5.74, 6) is 0. The van der Waals surface area contributed by atoms with Crippen molar-refractivity contribution < 1.29 is 50.9 Å². The molecule has 0 spiro atoms. The molecule has 0 radical (unpaired) electrons. The maximum atomic E-state index is 7.17. The predicted octanol–water partition coefficient (Wildman–Crippen LogP) is 4.32. The van der Waals surface area contributed by atoms with Crippen LogP contribution < -0.4 is 0 Å². The second-order valence-corrected chi connectivity index (χ2v) is 10.9. The Kier molecular flexibility index (Phi) is 7.52. The first kappa shape index (κ1) is 23.3. The molecule has 2 aliphatic carbocycles. The van der Waals surface area contributed by atoms with Crippen LogP contribution in [0.25, 0.3) is 0 Å². The number of allylic oxidation sites excluding steroid dienone is 8. The second-order valence-electron chi connectivity index (χ2n) is 8.04. The van der Waals surface area contributed by atoms with Gasteiger partial charge in [-0.25, -0.2) is 0 Å². The van der Waals surface area contributed by atoms with Gasteiger partial charge in [0.2, 0.25) is 0 Å². The van der Waals surface area contributed by atoms with Crippen LogP contribution >= 0.6 is 0 Å². The van der Waals surface area contributed by atoms with Gasteiger partial charge >= 0.3 is 159 Å². The van der Waals surface area contributed by atoms with Gasteiger partial charge in [-0.3, -0.25) is 0 Å². The first-order chi connectivity index (χ1) is 11.2. The van der Waals surface area contributed by atoms with E-state index in [1.165, 1.54) is 11.1 Å². The zero-order valence-corrected chi connectivity index (χ0v) is 19.5. The van der Waals surface area contributed by atoms with Gasteiger partial charge in [0, 0.05) is 0 Å². The Morgan fingerprint density at radius 2 is 0.840 bits per heavy atom. The molecule has 0 saturated carbocycles. The van der Waals surface area contributed by atoms with Crippen LogP contribution in [0.3, 0.4) is 0 Å². The van der Waals surface area contributed by atoms with Crippen LogP contribution in [0.5, 0.6) is 0 Å². The van der Waals surface area contributed by atoms with E-state index in [4.69, 9.17) is 15.1 Å². The maximum absolute atomic E-state index is 7.17. The SMILES string of the molecule is CC1=C(C)C(C)(C)[C]([Gd][C]2=C(C)C(C)=C(C)C2(C)C)=C1C.OB(O)O. The molecule has 2 rings (SSSR count). The first-order valence-electron chi connectivity index (χ1n) is 8.63. The smallest absolute Gasteiger partial charge is 0.402 e. The normalized spacial score (nSPS) is 22.1. The Hall–Kier alpha value is 0.230. The van der Waals surface area contributed by atoms with E-state index in [-0.39, 0.29) is 10.8 Å². The van der Waals surface area contributed by atoms with Crippen molar-refractivity contribution >= 4 is 7.32 Å². The topological polar surface area (TPSA) is 60.7 Å². The van der Waals surface area contributed by atoms with Crippen molar-refractivity contribution in [1.29, 1.82) is 0 Å². The fourth-order valence-electron chi connectivity index (χ4n) is 3.52. The molecule has 0 saturated heterocycles. The fraction of sp³-hybridized carbons (Fsp3) is 0.600. The van der Waals surface area contributed by atoms with Crippen LogP contribution in [0.1, 0.15) is 69.2 Å². The van der Waals surface area contributed by atoms with Crippen molar-refractivity contribution in [2.75, 3.05) is 0 Å². The second kappa shape index (κ2) is 8.08. The van der Waals surface area contributed by atoms with Gasteiger partial charge in [-0.1, -0.05) is 0 Å². The van der Waals surface area contributed by atoms with E-state index in [1.807, 2.05) is 0 Å². The minimum absolute atomic E-state index is 0.272. The molecule has 0 fully saturated rings. The van der Waals surface area contributed by atoms with Gasteiger partial charge in [-0.2, -0.15) is 0 Å². The zero-order chi connectivity index (χ0) is 19.9. The van der Waals surface area contributed by atoms with Gasteiger partial charge in [0.15, 0.2) is 0 Å². The molecular formula is C20H33BGdO3. The Labute approximate surface area is 173 Å². The van der Waals surface area contributed by atoms with E-state index in [9.17, 15) is 0 Å². The Balaban J connectivity index is 0.000000705. The van der Waals surface area contributed by atoms with Crippen LogP contribution in [0, 0.1) is 46.7 Å². The summed E-state index contributed by atoms with van der Waals surface area (Å²) in [5.41, 5.74) is 9.96. The van der Waals surface area contributed by atoms with E-state index in [2.05, 4.69) is 69.2 Å². The summed E-state index contributed by atoms with van der Waals surface area (Å²) < 4.78 is 3.53. The standard InChI is InChI=1S/2C10H15.BH3O3.Gd/c2*1-7-6-10(4,5)9(3)8(7)2;2-1(3)4;/h2*1-5H3;2-4H;. The molecule has 0 bridgehead atoms. The largest absolute Gasteiger partial charge is 0.631 e. The fourth-order valence-corrected chi connectivity index (χ4v) is 8.06. The van der Waals surface area contributed by atoms with E-state index < -0.39 is 43.2 Å². The van der Waals surface area contributed by atoms with E-state index in [0.29, 0.717) is 0 Å². The third-order valence-corrected chi connectivity index (χ3v) is 11.7. The molecule has 0 aromatic heterocycles. The van der Waals surface area contributed by atoms with Crippen LogP contribution in [-0.4, -0.2) is 22.4 Å². The summed E-state index contributed by atoms with van der Waals surface area (Å²) in [7, 11) is -2.17. The average molecular weight is 490 g/mol. The predicted molar refractivity (Wildman–Crippen MR) is 102 cm³/mol.